The summed E-state index contributed by atoms with van der Waals surface area (Å²) < 4.78 is 26.2. The lowest BCUT2D eigenvalue weighted by atomic mass is 10.2. The first-order valence-corrected chi connectivity index (χ1v) is 6.17. The van der Waals surface area contributed by atoms with Crippen molar-refractivity contribution in [1.82, 2.24) is 9.97 Å². The standard InChI is InChI=1S/C12H9F2N3S/c13-6-4-8-9(5-7(6)14)17-12(16-8)11(15)10-2-1-3-18-10/h1-5,11H,15H2,(H,16,17). The zero-order valence-electron chi connectivity index (χ0n) is 9.15. The van der Waals surface area contributed by atoms with Crippen LogP contribution in [0, 0.1) is 11.6 Å². The first kappa shape index (κ1) is 11.3. The van der Waals surface area contributed by atoms with Crippen LogP contribution < -0.4 is 5.73 Å². The number of imidazole rings is 1. The molecule has 1 aromatic carbocycles. The molecule has 0 bridgehead atoms. The Bertz CT molecular complexity index is 652. The molecular weight excluding hydrogens is 256 g/mol. The highest BCUT2D eigenvalue weighted by atomic mass is 32.1. The average molecular weight is 265 g/mol. The maximum Gasteiger partial charge on any atom is 0.161 e. The Morgan fingerprint density at radius 1 is 1.28 bits per heavy atom. The molecule has 0 saturated carbocycles. The zero-order valence-corrected chi connectivity index (χ0v) is 9.97. The molecule has 0 aliphatic rings. The normalized spacial score (nSPS) is 13.1. The number of benzene rings is 1. The van der Waals surface area contributed by atoms with Gasteiger partial charge in [0.05, 0.1) is 17.1 Å². The number of aromatic amines is 1. The highest BCUT2D eigenvalue weighted by Gasteiger charge is 2.15. The van der Waals surface area contributed by atoms with Gasteiger partial charge in [0.25, 0.3) is 0 Å². The maximum atomic E-state index is 13.1. The average Bonchev–Trinajstić information content (AvgIpc) is 2.97. The molecule has 18 heavy (non-hydrogen) atoms. The minimum atomic E-state index is -0.912. The molecule has 92 valence electrons. The first-order valence-electron chi connectivity index (χ1n) is 5.29. The topological polar surface area (TPSA) is 54.7 Å². The summed E-state index contributed by atoms with van der Waals surface area (Å²) in [4.78, 5) is 8.05. The molecule has 3 nitrogen and oxygen atoms in total. The van der Waals surface area contributed by atoms with E-state index >= 15 is 0 Å². The van der Waals surface area contributed by atoms with E-state index in [9.17, 15) is 8.78 Å². The van der Waals surface area contributed by atoms with Gasteiger partial charge in [0.1, 0.15) is 5.82 Å². The molecule has 0 radical (unpaired) electrons. The Hall–Kier alpha value is -1.79. The minimum Gasteiger partial charge on any atom is -0.340 e. The van der Waals surface area contributed by atoms with Gasteiger partial charge in [-0.15, -0.1) is 11.3 Å². The van der Waals surface area contributed by atoms with Crippen molar-refractivity contribution < 1.29 is 8.78 Å². The molecular formula is C12H9F2N3S. The van der Waals surface area contributed by atoms with Crippen LogP contribution in [-0.4, -0.2) is 9.97 Å². The van der Waals surface area contributed by atoms with E-state index in [1.807, 2.05) is 17.5 Å². The van der Waals surface area contributed by atoms with Crippen LogP contribution in [-0.2, 0) is 0 Å². The molecule has 3 rings (SSSR count). The van der Waals surface area contributed by atoms with Gasteiger partial charge < -0.3 is 10.7 Å². The van der Waals surface area contributed by atoms with Crippen LogP contribution in [0.1, 0.15) is 16.7 Å². The summed E-state index contributed by atoms with van der Waals surface area (Å²) in [6.45, 7) is 0. The van der Waals surface area contributed by atoms with E-state index in [1.165, 1.54) is 11.3 Å². The van der Waals surface area contributed by atoms with Gasteiger partial charge in [-0.1, -0.05) is 6.07 Å². The van der Waals surface area contributed by atoms with Crippen LogP contribution in [0.5, 0.6) is 0 Å². The van der Waals surface area contributed by atoms with Crippen molar-refractivity contribution >= 4 is 22.4 Å². The van der Waals surface area contributed by atoms with Gasteiger partial charge in [-0.3, -0.25) is 0 Å². The molecule has 0 saturated heterocycles. The summed E-state index contributed by atoms with van der Waals surface area (Å²) in [6, 6.07) is 5.52. The third kappa shape index (κ3) is 1.79. The molecule has 1 unspecified atom stereocenters. The number of nitrogens with two attached hydrogens (primary N) is 1. The lowest BCUT2D eigenvalue weighted by Crippen LogP contribution is -2.11. The Balaban J connectivity index is 2.08. The van der Waals surface area contributed by atoms with Crippen molar-refractivity contribution in [2.24, 2.45) is 5.73 Å². The number of H-pyrrole nitrogens is 1. The summed E-state index contributed by atoms with van der Waals surface area (Å²) in [5.41, 5.74) is 6.84. The molecule has 3 N–H and O–H groups in total. The Labute approximate surface area is 105 Å². The van der Waals surface area contributed by atoms with Crippen molar-refractivity contribution in [3.05, 3.63) is 52.0 Å². The van der Waals surface area contributed by atoms with Crippen LogP contribution in [0.3, 0.4) is 0 Å². The van der Waals surface area contributed by atoms with Crippen LogP contribution >= 0.6 is 11.3 Å². The molecule has 3 aromatic rings. The Kier molecular flexibility index (Phi) is 2.61. The van der Waals surface area contributed by atoms with E-state index in [1.54, 1.807) is 0 Å². The fourth-order valence-electron chi connectivity index (χ4n) is 1.77. The molecule has 0 aliphatic carbocycles. The number of rotatable bonds is 2. The molecule has 2 heterocycles. The largest absolute Gasteiger partial charge is 0.340 e. The SMILES string of the molecule is NC(c1nc2cc(F)c(F)cc2[nH]1)c1cccs1. The molecule has 1 atom stereocenters. The van der Waals surface area contributed by atoms with E-state index in [2.05, 4.69) is 9.97 Å². The quantitative estimate of drug-likeness (QED) is 0.748. The predicted octanol–water partition coefficient (Wildman–Crippen LogP) is 2.95. The lowest BCUT2D eigenvalue weighted by molar-refractivity contribution is 0.510. The third-order valence-corrected chi connectivity index (χ3v) is 3.64. The first-order chi connectivity index (χ1) is 8.65. The third-order valence-electron chi connectivity index (χ3n) is 2.69. The van der Waals surface area contributed by atoms with E-state index in [-0.39, 0.29) is 0 Å². The van der Waals surface area contributed by atoms with Gasteiger partial charge in [-0.2, -0.15) is 0 Å². The van der Waals surface area contributed by atoms with E-state index in [4.69, 9.17) is 5.73 Å². The number of hydrogen-bond acceptors (Lipinski definition) is 3. The fraction of sp³-hybridized carbons (Fsp3) is 0.0833. The summed E-state index contributed by atoms with van der Waals surface area (Å²) in [6.07, 6.45) is 0. The number of thiophene rings is 1. The smallest absolute Gasteiger partial charge is 0.161 e. The van der Waals surface area contributed by atoms with E-state index < -0.39 is 17.7 Å². The minimum absolute atomic E-state index is 0.371. The second-order valence-electron chi connectivity index (χ2n) is 3.90. The molecule has 0 amide bonds. The molecule has 0 spiro atoms. The van der Waals surface area contributed by atoms with Crippen LogP contribution in [0.4, 0.5) is 8.78 Å². The predicted molar refractivity (Wildman–Crippen MR) is 66.4 cm³/mol. The maximum absolute atomic E-state index is 13.1. The summed E-state index contributed by atoms with van der Waals surface area (Å²) >= 11 is 1.51. The van der Waals surface area contributed by atoms with Crippen LogP contribution in [0.15, 0.2) is 29.6 Å². The van der Waals surface area contributed by atoms with Gasteiger partial charge >= 0.3 is 0 Å². The number of fused-ring (bicyclic) bond motifs is 1. The lowest BCUT2D eigenvalue weighted by Gasteiger charge is -2.04. The summed E-state index contributed by atoms with van der Waals surface area (Å²) in [5.74, 6) is -1.31. The van der Waals surface area contributed by atoms with E-state index in [0.717, 1.165) is 17.0 Å². The van der Waals surface area contributed by atoms with Crippen molar-refractivity contribution in [2.45, 2.75) is 6.04 Å². The van der Waals surface area contributed by atoms with Gasteiger partial charge in [-0.05, 0) is 11.4 Å². The summed E-state index contributed by atoms with van der Waals surface area (Å²) in [5, 5.41) is 1.91. The molecule has 2 aromatic heterocycles. The van der Waals surface area contributed by atoms with E-state index in [0.29, 0.717) is 16.9 Å². The number of hydrogen-bond donors (Lipinski definition) is 2. The Morgan fingerprint density at radius 3 is 2.78 bits per heavy atom. The van der Waals surface area contributed by atoms with Crippen molar-refractivity contribution in [1.29, 1.82) is 0 Å². The fourth-order valence-corrected chi connectivity index (χ4v) is 2.50. The molecule has 0 aliphatic heterocycles. The second-order valence-corrected chi connectivity index (χ2v) is 4.88. The van der Waals surface area contributed by atoms with Crippen LogP contribution in [0.25, 0.3) is 11.0 Å². The highest BCUT2D eigenvalue weighted by Crippen LogP contribution is 2.24. The zero-order chi connectivity index (χ0) is 12.7. The van der Waals surface area contributed by atoms with Crippen LogP contribution in [0.2, 0.25) is 0 Å². The second kappa shape index (κ2) is 4.15. The molecule has 6 heteroatoms. The van der Waals surface area contributed by atoms with Crippen molar-refractivity contribution in [3.63, 3.8) is 0 Å². The Morgan fingerprint density at radius 2 is 2.06 bits per heavy atom. The number of halogens is 2. The monoisotopic (exact) mass is 265 g/mol. The molecule has 0 fully saturated rings. The van der Waals surface area contributed by atoms with Crippen molar-refractivity contribution in [3.8, 4) is 0 Å². The van der Waals surface area contributed by atoms with Crippen molar-refractivity contribution in [2.75, 3.05) is 0 Å². The summed E-state index contributed by atoms with van der Waals surface area (Å²) in [7, 11) is 0. The van der Waals surface area contributed by atoms with Gasteiger partial charge in [0, 0.05) is 17.0 Å². The van der Waals surface area contributed by atoms with Gasteiger partial charge in [0.15, 0.2) is 11.6 Å². The number of aromatic nitrogens is 2. The highest BCUT2D eigenvalue weighted by molar-refractivity contribution is 7.10. The van der Waals surface area contributed by atoms with Gasteiger partial charge in [0.2, 0.25) is 0 Å². The van der Waals surface area contributed by atoms with Gasteiger partial charge in [-0.25, -0.2) is 13.8 Å². The number of nitrogens with one attached hydrogen (secondary N) is 1. The number of nitrogens with zero attached hydrogens (tertiary/aromatic N) is 1.